The standard InChI is InChI=1S/C17H18N4O4S/c1-11-5-6-13(10-19-11)20-16(22)12-3-2-4-14(9-12)26(24,25)21-15-7-8-18-17(15)23/h2-6,9-10,15,21H,7-8H2,1H3,(H,18,23)(H,20,22). The van der Waals surface area contributed by atoms with Crippen LogP contribution in [-0.4, -0.2) is 37.8 Å². The highest BCUT2D eigenvalue weighted by atomic mass is 32.2. The second-order valence-electron chi connectivity index (χ2n) is 5.92. The molecule has 0 radical (unpaired) electrons. The van der Waals surface area contributed by atoms with E-state index in [9.17, 15) is 18.0 Å². The van der Waals surface area contributed by atoms with Crippen LogP contribution in [0.15, 0.2) is 47.5 Å². The van der Waals surface area contributed by atoms with Crippen molar-refractivity contribution in [1.29, 1.82) is 0 Å². The Labute approximate surface area is 151 Å². The van der Waals surface area contributed by atoms with Crippen LogP contribution in [0.5, 0.6) is 0 Å². The summed E-state index contributed by atoms with van der Waals surface area (Å²) in [5.41, 5.74) is 1.51. The fourth-order valence-electron chi connectivity index (χ4n) is 2.51. The number of benzene rings is 1. The quantitative estimate of drug-likeness (QED) is 0.716. The van der Waals surface area contributed by atoms with Crippen LogP contribution in [0.4, 0.5) is 5.69 Å². The molecule has 0 aliphatic carbocycles. The molecular formula is C17H18N4O4S. The van der Waals surface area contributed by atoms with Gasteiger partial charge in [0.1, 0.15) is 6.04 Å². The van der Waals surface area contributed by atoms with Crippen LogP contribution in [0, 0.1) is 6.92 Å². The number of carbonyl (C=O) groups excluding carboxylic acids is 2. The van der Waals surface area contributed by atoms with E-state index in [1.54, 1.807) is 12.1 Å². The van der Waals surface area contributed by atoms with Gasteiger partial charge in [-0.2, -0.15) is 4.72 Å². The molecule has 8 nitrogen and oxygen atoms in total. The van der Waals surface area contributed by atoms with Gasteiger partial charge in [0.15, 0.2) is 0 Å². The highest BCUT2D eigenvalue weighted by Gasteiger charge is 2.29. The van der Waals surface area contributed by atoms with E-state index >= 15 is 0 Å². The normalized spacial score (nSPS) is 17.0. The lowest BCUT2D eigenvalue weighted by Gasteiger charge is -2.12. The number of aromatic nitrogens is 1. The maximum atomic E-state index is 12.5. The van der Waals surface area contributed by atoms with Crippen LogP contribution in [0.25, 0.3) is 0 Å². The molecule has 1 atom stereocenters. The van der Waals surface area contributed by atoms with Gasteiger partial charge in [0.05, 0.1) is 16.8 Å². The molecule has 2 amide bonds. The van der Waals surface area contributed by atoms with Crippen LogP contribution in [0.3, 0.4) is 0 Å². The first kappa shape index (κ1) is 18.0. The Morgan fingerprint density at radius 2 is 2.08 bits per heavy atom. The van der Waals surface area contributed by atoms with Crippen molar-refractivity contribution >= 4 is 27.5 Å². The SMILES string of the molecule is Cc1ccc(NC(=O)c2cccc(S(=O)(=O)NC3CCNC3=O)c2)cn1. The van der Waals surface area contributed by atoms with Crippen molar-refractivity contribution in [2.24, 2.45) is 0 Å². The molecule has 0 spiro atoms. The Hall–Kier alpha value is -2.78. The van der Waals surface area contributed by atoms with E-state index in [4.69, 9.17) is 0 Å². The summed E-state index contributed by atoms with van der Waals surface area (Å²) < 4.78 is 27.3. The predicted octanol–water partition coefficient (Wildman–Crippen LogP) is 0.809. The smallest absolute Gasteiger partial charge is 0.255 e. The largest absolute Gasteiger partial charge is 0.355 e. The molecular weight excluding hydrogens is 356 g/mol. The van der Waals surface area contributed by atoms with Gasteiger partial charge in [-0.05, 0) is 43.7 Å². The van der Waals surface area contributed by atoms with E-state index in [0.717, 1.165) is 5.69 Å². The summed E-state index contributed by atoms with van der Waals surface area (Å²) >= 11 is 0. The van der Waals surface area contributed by atoms with Crippen molar-refractivity contribution in [3.05, 3.63) is 53.9 Å². The average Bonchev–Trinajstić information content (AvgIpc) is 3.01. The average molecular weight is 374 g/mol. The van der Waals surface area contributed by atoms with Crippen LogP contribution in [0.2, 0.25) is 0 Å². The number of nitrogens with one attached hydrogen (secondary N) is 3. The molecule has 0 bridgehead atoms. The molecule has 0 saturated carbocycles. The minimum Gasteiger partial charge on any atom is -0.355 e. The second-order valence-corrected chi connectivity index (χ2v) is 7.64. The minimum absolute atomic E-state index is 0.0770. The Kier molecular flexibility index (Phi) is 5.01. The Morgan fingerprint density at radius 3 is 2.73 bits per heavy atom. The molecule has 2 aromatic rings. The summed E-state index contributed by atoms with van der Waals surface area (Å²) in [7, 11) is -3.91. The summed E-state index contributed by atoms with van der Waals surface area (Å²) in [6, 6.07) is 8.31. The lowest BCUT2D eigenvalue weighted by Crippen LogP contribution is -2.40. The highest BCUT2D eigenvalue weighted by Crippen LogP contribution is 2.15. The predicted molar refractivity (Wildman–Crippen MR) is 95.1 cm³/mol. The molecule has 1 unspecified atom stereocenters. The first-order valence-corrected chi connectivity index (χ1v) is 9.47. The summed E-state index contributed by atoms with van der Waals surface area (Å²) in [5.74, 6) is -0.805. The molecule has 136 valence electrons. The van der Waals surface area contributed by atoms with Gasteiger partial charge in [-0.25, -0.2) is 8.42 Å². The molecule has 2 heterocycles. The Balaban J connectivity index is 1.77. The lowest BCUT2D eigenvalue weighted by atomic mass is 10.2. The topological polar surface area (TPSA) is 117 Å². The summed E-state index contributed by atoms with van der Waals surface area (Å²) in [5, 5.41) is 5.23. The Morgan fingerprint density at radius 1 is 1.27 bits per heavy atom. The van der Waals surface area contributed by atoms with Crippen molar-refractivity contribution in [3.8, 4) is 0 Å². The van der Waals surface area contributed by atoms with Crippen molar-refractivity contribution in [1.82, 2.24) is 15.0 Å². The van der Waals surface area contributed by atoms with E-state index in [1.165, 1.54) is 30.5 Å². The third kappa shape index (κ3) is 4.06. The minimum atomic E-state index is -3.91. The summed E-state index contributed by atoms with van der Waals surface area (Å²) in [6.45, 7) is 2.26. The number of sulfonamides is 1. The number of nitrogens with zero attached hydrogens (tertiary/aromatic N) is 1. The van der Waals surface area contributed by atoms with Gasteiger partial charge in [0.2, 0.25) is 15.9 Å². The molecule has 3 N–H and O–H groups in total. The number of pyridine rings is 1. The maximum absolute atomic E-state index is 12.5. The summed E-state index contributed by atoms with van der Waals surface area (Å²) in [4.78, 5) is 27.9. The van der Waals surface area contributed by atoms with Crippen molar-refractivity contribution in [2.45, 2.75) is 24.3 Å². The van der Waals surface area contributed by atoms with Crippen molar-refractivity contribution in [3.63, 3.8) is 0 Å². The molecule has 1 fully saturated rings. The van der Waals surface area contributed by atoms with E-state index in [0.29, 0.717) is 18.7 Å². The van der Waals surface area contributed by atoms with E-state index in [2.05, 4.69) is 20.3 Å². The van der Waals surface area contributed by atoms with Gasteiger partial charge in [-0.1, -0.05) is 6.07 Å². The fraction of sp³-hybridized carbons (Fsp3) is 0.235. The molecule has 1 aromatic carbocycles. The zero-order chi connectivity index (χ0) is 18.7. The van der Waals surface area contributed by atoms with Gasteiger partial charge >= 0.3 is 0 Å². The van der Waals surface area contributed by atoms with Gasteiger partial charge < -0.3 is 10.6 Å². The lowest BCUT2D eigenvalue weighted by molar-refractivity contribution is -0.120. The van der Waals surface area contributed by atoms with E-state index in [1.807, 2.05) is 6.92 Å². The maximum Gasteiger partial charge on any atom is 0.255 e. The zero-order valence-electron chi connectivity index (χ0n) is 14.0. The molecule has 9 heteroatoms. The van der Waals surface area contributed by atoms with Crippen LogP contribution >= 0.6 is 0 Å². The highest BCUT2D eigenvalue weighted by molar-refractivity contribution is 7.89. The van der Waals surface area contributed by atoms with Crippen molar-refractivity contribution in [2.75, 3.05) is 11.9 Å². The fourth-order valence-corrected chi connectivity index (χ4v) is 3.79. The third-order valence-corrected chi connectivity index (χ3v) is 5.39. The van der Waals surface area contributed by atoms with Gasteiger partial charge in [0, 0.05) is 17.8 Å². The molecule has 1 aliphatic rings. The molecule has 1 aliphatic heterocycles. The van der Waals surface area contributed by atoms with Crippen LogP contribution < -0.4 is 15.4 Å². The van der Waals surface area contributed by atoms with Gasteiger partial charge in [-0.15, -0.1) is 0 Å². The molecule has 1 aromatic heterocycles. The van der Waals surface area contributed by atoms with E-state index in [-0.39, 0.29) is 16.4 Å². The number of aryl methyl sites for hydroxylation is 1. The number of carbonyl (C=O) groups is 2. The number of hydrogen-bond donors (Lipinski definition) is 3. The number of hydrogen-bond acceptors (Lipinski definition) is 5. The molecule has 1 saturated heterocycles. The molecule has 3 rings (SSSR count). The zero-order valence-corrected chi connectivity index (χ0v) is 14.8. The van der Waals surface area contributed by atoms with E-state index < -0.39 is 22.0 Å². The first-order chi connectivity index (χ1) is 12.3. The molecule has 26 heavy (non-hydrogen) atoms. The van der Waals surface area contributed by atoms with Gasteiger partial charge in [0.25, 0.3) is 5.91 Å². The number of anilines is 1. The van der Waals surface area contributed by atoms with Crippen molar-refractivity contribution < 1.29 is 18.0 Å². The van der Waals surface area contributed by atoms with Crippen LogP contribution in [-0.2, 0) is 14.8 Å². The third-order valence-electron chi connectivity index (χ3n) is 3.92. The van der Waals surface area contributed by atoms with Gasteiger partial charge in [-0.3, -0.25) is 14.6 Å². The number of amides is 2. The monoisotopic (exact) mass is 374 g/mol. The number of rotatable bonds is 5. The second kappa shape index (κ2) is 7.22. The Bertz CT molecular complexity index is 941. The van der Waals surface area contributed by atoms with Crippen LogP contribution in [0.1, 0.15) is 22.5 Å². The summed E-state index contributed by atoms with van der Waals surface area (Å²) in [6.07, 6.45) is 1.91. The first-order valence-electron chi connectivity index (χ1n) is 7.99.